The number of hydrogen-bond acceptors (Lipinski definition) is 5. The summed E-state index contributed by atoms with van der Waals surface area (Å²) in [6.45, 7) is 3.88. The minimum absolute atomic E-state index is 0.247. The van der Waals surface area contributed by atoms with Gasteiger partial charge in [-0.3, -0.25) is 9.99 Å². The number of carbonyl (C=O) groups is 1. The van der Waals surface area contributed by atoms with E-state index in [0.717, 1.165) is 28.2 Å². The first-order valence-corrected chi connectivity index (χ1v) is 6.85. The molecular weight excluding hydrogens is 280 g/mol. The van der Waals surface area contributed by atoms with Crippen molar-refractivity contribution < 1.29 is 9.90 Å². The van der Waals surface area contributed by atoms with E-state index in [0.29, 0.717) is 0 Å². The van der Waals surface area contributed by atoms with Gasteiger partial charge in [0, 0.05) is 23.7 Å². The van der Waals surface area contributed by atoms with E-state index >= 15 is 0 Å². The Bertz CT molecular complexity index is 770. The lowest BCUT2D eigenvalue weighted by molar-refractivity contribution is 0.0697. The Morgan fingerprint density at radius 2 is 2.09 bits per heavy atom. The number of carboxylic acids is 1. The maximum Gasteiger partial charge on any atom is 0.335 e. The van der Waals surface area contributed by atoms with Crippen molar-refractivity contribution in [2.24, 2.45) is 0 Å². The van der Waals surface area contributed by atoms with Gasteiger partial charge in [-0.05, 0) is 43.7 Å². The molecule has 0 bridgehead atoms. The summed E-state index contributed by atoms with van der Waals surface area (Å²) in [5, 5.41) is 11.0. The van der Waals surface area contributed by atoms with E-state index in [1.165, 1.54) is 0 Å². The fraction of sp³-hybridized carbons (Fsp3) is 0.125. The Labute approximate surface area is 128 Å². The Morgan fingerprint density at radius 1 is 1.27 bits per heavy atom. The number of pyridine rings is 1. The van der Waals surface area contributed by atoms with Crippen LogP contribution < -0.4 is 16.0 Å². The highest BCUT2D eigenvalue weighted by atomic mass is 16.4. The van der Waals surface area contributed by atoms with Crippen LogP contribution in [-0.4, -0.2) is 16.1 Å². The Balaban J connectivity index is 2.06. The summed E-state index contributed by atoms with van der Waals surface area (Å²) in [6.07, 6.45) is 3.58. The van der Waals surface area contributed by atoms with Crippen molar-refractivity contribution in [3.63, 3.8) is 0 Å². The number of carboxylic acid groups (broad SMARTS) is 1. The smallest absolute Gasteiger partial charge is 0.335 e. The van der Waals surface area contributed by atoms with Gasteiger partial charge in [0.05, 0.1) is 16.9 Å². The number of rotatable bonds is 3. The number of nitrogens with one attached hydrogen (secondary N) is 2. The SMILES string of the molecule is Cc1ccc(C(=O)O)cc1N1NNC=C1c1cccnc1C. The van der Waals surface area contributed by atoms with Gasteiger partial charge in [-0.1, -0.05) is 6.07 Å². The Kier molecular flexibility index (Phi) is 3.52. The average Bonchev–Trinajstić information content (AvgIpc) is 2.97. The molecule has 0 atom stereocenters. The summed E-state index contributed by atoms with van der Waals surface area (Å²) in [7, 11) is 0. The minimum atomic E-state index is -0.948. The Morgan fingerprint density at radius 3 is 2.82 bits per heavy atom. The third kappa shape index (κ3) is 2.40. The number of aryl methyl sites for hydroxylation is 2. The summed E-state index contributed by atoms with van der Waals surface area (Å²) in [6, 6.07) is 8.90. The van der Waals surface area contributed by atoms with Crippen LogP contribution in [0.2, 0.25) is 0 Å². The van der Waals surface area contributed by atoms with Crippen LogP contribution in [0.25, 0.3) is 5.70 Å². The van der Waals surface area contributed by atoms with E-state index in [-0.39, 0.29) is 5.56 Å². The molecule has 6 heteroatoms. The molecule has 0 saturated carbocycles. The number of anilines is 1. The molecule has 1 aromatic carbocycles. The van der Waals surface area contributed by atoms with Crippen LogP contribution in [0.5, 0.6) is 0 Å². The number of nitrogens with zero attached hydrogens (tertiary/aromatic N) is 2. The maximum absolute atomic E-state index is 11.2. The molecule has 6 nitrogen and oxygen atoms in total. The van der Waals surface area contributed by atoms with Crippen molar-refractivity contribution in [1.82, 2.24) is 15.9 Å². The number of aromatic nitrogens is 1. The van der Waals surface area contributed by atoms with Gasteiger partial charge in [0.25, 0.3) is 0 Å². The predicted octanol–water partition coefficient (Wildman–Crippen LogP) is 2.22. The van der Waals surface area contributed by atoms with Gasteiger partial charge in [0.2, 0.25) is 0 Å². The number of hydrogen-bond donors (Lipinski definition) is 3. The van der Waals surface area contributed by atoms with Crippen molar-refractivity contribution in [3.05, 3.63) is 65.1 Å². The number of aromatic carboxylic acids is 1. The van der Waals surface area contributed by atoms with Gasteiger partial charge in [0.15, 0.2) is 0 Å². The summed E-state index contributed by atoms with van der Waals surface area (Å²) >= 11 is 0. The van der Waals surface area contributed by atoms with Crippen molar-refractivity contribution in [3.8, 4) is 0 Å². The van der Waals surface area contributed by atoms with Gasteiger partial charge in [-0.25, -0.2) is 4.79 Å². The van der Waals surface area contributed by atoms with Crippen LogP contribution in [0.4, 0.5) is 5.69 Å². The highest BCUT2D eigenvalue weighted by Gasteiger charge is 2.22. The van der Waals surface area contributed by atoms with Gasteiger partial charge >= 0.3 is 5.97 Å². The maximum atomic E-state index is 11.2. The van der Waals surface area contributed by atoms with Crippen LogP contribution in [0.1, 0.15) is 27.2 Å². The molecule has 3 rings (SSSR count). The molecule has 0 fully saturated rings. The molecule has 0 aliphatic carbocycles. The largest absolute Gasteiger partial charge is 0.478 e. The monoisotopic (exact) mass is 296 g/mol. The third-order valence-corrected chi connectivity index (χ3v) is 3.61. The summed E-state index contributed by atoms with van der Waals surface area (Å²) in [5.41, 5.74) is 10.7. The lowest BCUT2D eigenvalue weighted by Crippen LogP contribution is -2.37. The van der Waals surface area contributed by atoms with Crippen LogP contribution >= 0.6 is 0 Å². The van der Waals surface area contributed by atoms with Crippen LogP contribution in [0.15, 0.2) is 42.7 Å². The molecule has 2 aromatic rings. The van der Waals surface area contributed by atoms with Gasteiger partial charge < -0.3 is 10.5 Å². The lowest BCUT2D eigenvalue weighted by atomic mass is 10.1. The zero-order chi connectivity index (χ0) is 15.7. The summed E-state index contributed by atoms with van der Waals surface area (Å²) in [5.74, 6) is -0.948. The standard InChI is InChI=1S/C16H16N4O2/c1-10-5-6-12(16(21)22)8-14(10)20-15(9-18-19-20)13-4-3-7-17-11(13)2/h3-9,18-19H,1-2H3,(H,21,22). The Hall–Kier alpha value is -2.86. The quantitative estimate of drug-likeness (QED) is 0.806. The molecule has 2 heterocycles. The highest BCUT2D eigenvalue weighted by Crippen LogP contribution is 2.30. The normalized spacial score (nSPS) is 13.7. The molecule has 0 amide bonds. The molecule has 3 N–H and O–H groups in total. The van der Waals surface area contributed by atoms with Gasteiger partial charge in [-0.2, -0.15) is 0 Å². The fourth-order valence-electron chi connectivity index (χ4n) is 2.42. The predicted molar refractivity (Wildman–Crippen MR) is 83.8 cm³/mol. The van der Waals surface area contributed by atoms with E-state index < -0.39 is 5.97 Å². The molecule has 0 radical (unpaired) electrons. The van der Waals surface area contributed by atoms with E-state index in [2.05, 4.69) is 15.9 Å². The zero-order valence-corrected chi connectivity index (χ0v) is 12.3. The molecule has 0 spiro atoms. The molecule has 112 valence electrons. The van der Waals surface area contributed by atoms with Gasteiger partial charge in [-0.15, -0.1) is 5.53 Å². The van der Waals surface area contributed by atoms with Crippen LogP contribution in [0, 0.1) is 13.8 Å². The highest BCUT2D eigenvalue weighted by molar-refractivity contribution is 5.91. The molecule has 0 unspecified atom stereocenters. The molecule has 1 aliphatic heterocycles. The van der Waals surface area contributed by atoms with E-state index in [9.17, 15) is 9.90 Å². The number of benzene rings is 1. The summed E-state index contributed by atoms with van der Waals surface area (Å²) in [4.78, 5) is 15.5. The van der Waals surface area contributed by atoms with Crippen LogP contribution in [-0.2, 0) is 0 Å². The second kappa shape index (κ2) is 5.50. The topological polar surface area (TPSA) is 77.5 Å². The second-order valence-electron chi connectivity index (χ2n) is 5.06. The summed E-state index contributed by atoms with van der Waals surface area (Å²) < 4.78 is 0. The average molecular weight is 296 g/mol. The fourth-order valence-corrected chi connectivity index (χ4v) is 2.42. The molecule has 1 aliphatic rings. The van der Waals surface area contributed by atoms with Crippen molar-refractivity contribution in [2.45, 2.75) is 13.8 Å². The van der Waals surface area contributed by atoms with Crippen molar-refractivity contribution in [2.75, 3.05) is 5.01 Å². The molecular formula is C16H16N4O2. The molecule has 1 aromatic heterocycles. The van der Waals surface area contributed by atoms with E-state index in [1.54, 1.807) is 24.4 Å². The first-order valence-electron chi connectivity index (χ1n) is 6.85. The lowest BCUT2D eigenvalue weighted by Gasteiger charge is -2.24. The number of hydrazine groups is 2. The van der Waals surface area contributed by atoms with Crippen molar-refractivity contribution >= 4 is 17.4 Å². The zero-order valence-electron chi connectivity index (χ0n) is 12.3. The van der Waals surface area contributed by atoms with E-state index in [4.69, 9.17) is 0 Å². The second-order valence-corrected chi connectivity index (χ2v) is 5.06. The van der Waals surface area contributed by atoms with Crippen LogP contribution in [0.3, 0.4) is 0 Å². The molecule has 0 saturated heterocycles. The first-order chi connectivity index (χ1) is 10.6. The molecule has 22 heavy (non-hydrogen) atoms. The van der Waals surface area contributed by atoms with Crippen molar-refractivity contribution in [1.29, 1.82) is 0 Å². The third-order valence-electron chi connectivity index (χ3n) is 3.61. The van der Waals surface area contributed by atoms with Gasteiger partial charge in [0.1, 0.15) is 0 Å². The minimum Gasteiger partial charge on any atom is -0.478 e. The first kappa shape index (κ1) is 14.1. The van der Waals surface area contributed by atoms with E-state index in [1.807, 2.05) is 37.2 Å².